The molecule has 1 aliphatic heterocycles. The zero-order valence-electron chi connectivity index (χ0n) is 15.6. The Balaban J connectivity index is 1.51. The Hall–Kier alpha value is -2.04. The minimum absolute atomic E-state index is 0.249. The van der Waals surface area contributed by atoms with Gasteiger partial charge in [-0.25, -0.2) is 0 Å². The molecule has 4 nitrogen and oxygen atoms in total. The lowest BCUT2D eigenvalue weighted by molar-refractivity contribution is -0.191. The Morgan fingerprint density at radius 1 is 0.808 bits per heavy atom. The molecular weight excluding hydrogens is 328 g/mol. The van der Waals surface area contributed by atoms with E-state index in [9.17, 15) is 0 Å². The molecule has 0 saturated carbocycles. The molecule has 4 heteroatoms. The van der Waals surface area contributed by atoms with Crippen molar-refractivity contribution in [3.8, 4) is 11.5 Å². The summed E-state index contributed by atoms with van der Waals surface area (Å²) in [4.78, 5) is 0. The molecule has 0 aromatic heterocycles. The molecule has 26 heavy (non-hydrogen) atoms. The summed E-state index contributed by atoms with van der Waals surface area (Å²) >= 11 is 0. The van der Waals surface area contributed by atoms with Gasteiger partial charge in [0.15, 0.2) is 6.29 Å². The number of hydrogen-bond donors (Lipinski definition) is 0. The molecule has 0 atom stereocenters. The van der Waals surface area contributed by atoms with Crippen LogP contribution >= 0.6 is 0 Å². The fourth-order valence-corrected chi connectivity index (χ4v) is 2.95. The molecule has 1 fully saturated rings. The largest absolute Gasteiger partial charge is 0.494 e. The molecule has 0 spiro atoms. The van der Waals surface area contributed by atoms with Crippen LogP contribution < -0.4 is 9.47 Å². The van der Waals surface area contributed by atoms with Crippen LogP contribution in [0.3, 0.4) is 0 Å². The lowest BCUT2D eigenvalue weighted by atomic mass is 10.00. The molecule has 3 rings (SSSR count). The lowest BCUT2D eigenvalue weighted by Gasteiger charge is -2.30. The van der Waals surface area contributed by atoms with E-state index in [4.69, 9.17) is 18.9 Å². The Bertz CT molecular complexity index is 643. The van der Waals surface area contributed by atoms with Crippen LogP contribution in [-0.2, 0) is 9.47 Å². The van der Waals surface area contributed by atoms with E-state index in [2.05, 4.69) is 19.1 Å². The quantitative estimate of drug-likeness (QED) is 0.617. The first-order valence-electron chi connectivity index (χ1n) is 9.49. The van der Waals surface area contributed by atoms with Crippen molar-refractivity contribution in [1.29, 1.82) is 0 Å². The number of ether oxygens (including phenoxy) is 4. The third-order valence-corrected chi connectivity index (χ3v) is 4.48. The first-order valence-corrected chi connectivity index (χ1v) is 9.49. The van der Waals surface area contributed by atoms with Gasteiger partial charge in [-0.1, -0.05) is 37.6 Å². The van der Waals surface area contributed by atoms with Crippen molar-refractivity contribution in [3.63, 3.8) is 0 Å². The molecule has 0 bridgehead atoms. The second kappa shape index (κ2) is 9.60. The number of unbranched alkanes of at least 4 members (excludes halogenated alkanes) is 1. The maximum Gasteiger partial charge on any atom is 0.183 e. The van der Waals surface area contributed by atoms with E-state index in [1.165, 1.54) is 5.56 Å². The van der Waals surface area contributed by atoms with Crippen molar-refractivity contribution in [2.45, 2.75) is 38.9 Å². The van der Waals surface area contributed by atoms with Crippen LogP contribution in [0.1, 0.15) is 50.0 Å². The van der Waals surface area contributed by atoms with Gasteiger partial charge in [-0.15, -0.1) is 0 Å². The van der Waals surface area contributed by atoms with E-state index in [0.717, 1.165) is 36.5 Å². The van der Waals surface area contributed by atoms with Gasteiger partial charge in [-0.05, 0) is 43.2 Å². The van der Waals surface area contributed by atoms with Gasteiger partial charge >= 0.3 is 0 Å². The second-order valence-electron chi connectivity index (χ2n) is 6.47. The van der Waals surface area contributed by atoms with Gasteiger partial charge in [0, 0.05) is 11.5 Å². The fraction of sp³-hybridized carbons (Fsp3) is 0.455. The van der Waals surface area contributed by atoms with Gasteiger partial charge in [-0.2, -0.15) is 0 Å². The first kappa shape index (κ1) is 18.7. The minimum Gasteiger partial charge on any atom is -0.494 e. The van der Waals surface area contributed by atoms with Crippen LogP contribution in [0.5, 0.6) is 11.5 Å². The van der Waals surface area contributed by atoms with Crippen LogP contribution in [0.2, 0.25) is 0 Å². The SMILES string of the molecule is CCCCOc1ccc(C2OCC(c3ccc(OCC)cc3)CO2)cc1. The number of benzene rings is 2. The van der Waals surface area contributed by atoms with Crippen LogP contribution in [0.15, 0.2) is 48.5 Å². The molecular formula is C22H28O4. The Morgan fingerprint density at radius 2 is 1.38 bits per heavy atom. The van der Waals surface area contributed by atoms with Gasteiger partial charge in [0.25, 0.3) is 0 Å². The molecule has 0 aliphatic carbocycles. The Kier molecular flexibility index (Phi) is 6.92. The highest BCUT2D eigenvalue weighted by Gasteiger charge is 2.24. The van der Waals surface area contributed by atoms with Crippen LogP contribution in [0, 0.1) is 0 Å². The van der Waals surface area contributed by atoms with E-state index < -0.39 is 0 Å². The average Bonchev–Trinajstić information content (AvgIpc) is 2.70. The van der Waals surface area contributed by atoms with Crippen molar-refractivity contribution >= 4 is 0 Å². The third kappa shape index (κ3) is 4.99. The van der Waals surface area contributed by atoms with E-state index in [1.807, 2.05) is 43.3 Å². The summed E-state index contributed by atoms with van der Waals surface area (Å²) in [6, 6.07) is 16.2. The average molecular weight is 356 g/mol. The molecule has 1 aliphatic rings. The maximum atomic E-state index is 5.95. The molecule has 0 radical (unpaired) electrons. The lowest BCUT2D eigenvalue weighted by Crippen LogP contribution is -2.25. The standard InChI is InChI=1S/C22H28O4/c1-3-5-14-24-21-12-8-18(9-13-21)22-25-15-19(16-26-22)17-6-10-20(11-7-17)23-4-2/h6-13,19,22H,3-5,14-16H2,1-2H3. The van der Waals surface area contributed by atoms with Crippen molar-refractivity contribution < 1.29 is 18.9 Å². The zero-order valence-corrected chi connectivity index (χ0v) is 15.6. The van der Waals surface area contributed by atoms with E-state index in [0.29, 0.717) is 19.8 Å². The van der Waals surface area contributed by atoms with Crippen molar-refractivity contribution in [3.05, 3.63) is 59.7 Å². The van der Waals surface area contributed by atoms with Gasteiger partial charge in [-0.3, -0.25) is 0 Å². The summed E-state index contributed by atoms with van der Waals surface area (Å²) in [6.07, 6.45) is 1.90. The highest BCUT2D eigenvalue weighted by atomic mass is 16.7. The molecule has 2 aromatic rings. The number of hydrogen-bond acceptors (Lipinski definition) is 4. The van der Waals surface area contributed by atoms with Gasteiger partial charge in [0.2, 0.25) is 0 Å². The summed E-state index contributed by atoms with van der Waals surface area (Å²) in [5.74, 6) is 2.04. The smallest absolute Gasteiger partial charge is 0.183 e. The van der Waals surface area contributed by atoms with Crippen LogP contribution in [0.4, 0.5) is 0 Å². The van der Waals surface area contributed by atoms with Gasteiger partial charge in [0.05, 0.1) is 26.4 Å². The van der Waals surface area contributed by atoms with Gasteiger partial charge in [0.1, 0.15) is 11.5 Å². The second-order valence-corrected chi connectivity index (χ2v) is 6.47. The Morgan fingerprint density at radius 3 is 1.96 bits per heavy atom. The summed E-state index contributed by atoms with van der Waals surface area (Å²) in [7, 11) is 0. The highest BCUT2D eigenvalue weighted by Crippen LogP contribution is 2.31. The summed E-state index contributed by atoms with van der Waals surface area (Å²) in [5.41, 5.74) is 2.24. The van der Waals surface area contributed by atoms with Crippen molar-refractivity contribution in [2.24, 2.45) is 0 Å². The topological polar surface area (TPSA) is 36.9 Å². The molecule has 1 saturated heterocycles. The Labute approximate surface area is 156 Å². The molecule has 0 amide bonds. The summed E-state index contributed by atoms with van der Waals surface area (Å²) in [6.45, 7) is 6.88. The van der Waals surface area contributed by atoms with Crippen molar-refractivity contribution in [2.75, 3.05) is 26.4 Å². The highest BCUT2D eigenvalue weighted by molar-refractivity contribution is 5.30. The number of rotatable bonds is 8. The normalized spacial score (nSPS) is 19.9. The fourth-order valence-electron chi connectivity index (χ4n) is 2.95. The predicted octanol–water partition coefficient (Wildman–Crippen LogP) is 5.09. The van der Waals surface area contributed by atoms with E-state index >= 15 is 0 Å². The third-order valence-electron chi connectivity index (χ3n) is 4.48. The van der Waals surface area contributed by atoms with Crippen molar-refractivity contribution in [1.82, 2.24) is 0 Å². The molecule has 1 heterocycles. The minimum atomic E-state index is -0.307. The monoisotopic (exact) mass is 356 g/mol. The summed E-state index contributed by atoms with van der Waals surface area (Å²) < 4.78 is 23.1. The van der Waals surface area contributed by atoms with E-state index in [-0.39, 0.29) is 12.2 Å². The molecule has 0 unspecified atom stereocenters. The van der Waals surface area contributed by atoms with Crippen LogP contribution in [0.25, 0.3) is 0 Å². The first-order chi connectivity index (χ1) is 12.8. The van der Waals surface area contributed by atoms with Crippen LogP contribution in [-0.4, -0.2) is 26.4 Å². The molecule has 0 N–H and O–H groups in total. The predicted molar refractivity (Wildman–Crippen MR) is 102 cm³/mol. The molecule has 140 valence electrons. The van der Waals surface area contributed by atoms with Gasteiger partial charge < -0.3 is 18.9 Å². The summed E-state index contributed by atoms with van der Waals surface area (Å²) in [5, 5.41) is 0. The molecule has 2 aromatic carbocycles. The maximum absolute atomic E-state index is 5.95. The van der Waals surface area contributed by atoms with E-state index in [1.54, 1.807) is 0 Å². The zero-order chi connectivity index (χ0) is 18.2.